The summed E-state index contributed by atoms with van der Waals surface area (Å²) in [6.07, 6.45) is 0.882. The van der Waals surface area contributed by atoms with E-state index < -0.39 is 0 Å². The Morgan fingerprint density at radius 2 is 1.96 bits per heavy atom. The minimum absolute atomic E-state index is 0.0636. The maximum Gasteiger partial charge on any atom is 0.318 e. The molecule has 0 fully saturated rings. The molecular weight excluding hydrogens is 293 g/mol. The van der Waals surface area contributed by atoms with Gasteiger partial charge in [-0.1, -0.05) is 19.1 Å². The van der Waals surface area contributed by atoms with Crippen molar-refractivity contribution < 1.29 is 9.18 Å². The molecule has 2 aromatic rings. The fourth-order valence-corrected chi connectivity index (χ4v) is 3.26. The van der Waals surface area contributed by atoms with Gasteiger partial charge in [0.05, 0.1) is 6.04 Å². The lowest BCUT2D eigenvalue weighted by Gasteiger charge is -2.37. The van der Waals surface area contributed by atoms with Crippen LogP contribution in [-0.2, 0) is 13.1 Å². The SMILES string of the molecule is CC[C@@H]1c2ccc(C)n2CCN1C(=O)NCc1ccc(F)cc1. The summed E-state index contributed by atoms with van der Waals surface area (Å²) in [5.41, 5.74) is 3.34. The average molecular weight is 315 g/mol. The van der Waals surface area contributed by atoms with Crippen molar-refractivity contribution >= 4 is 6.03 Å². The molecule has 0 saturated carbocycles. The highest BCUT2D eigenvalue weighted by atomic mass is 19.1. The molecule has 1 N–H and O–H groups in total. The number of carbonyl (C=O) groups is 1. The van der Waals surface area contributed by atoms with Gasteiger partial charge in [0.2, 0.25) is 0 Å². The average Bonchev–Trinajstić information content (AvgIpc) is 2.94. The molecule has 2 amide bonds. The number of benzene rings is 1. The number of aryl methyl sites for hydroxylation is 1. The molecule has 0 aliphatic carbocycles. The quantitative estimate of drug-likeness (QED) is 0.923. The van der Waals surface area contributed by atoms with Gasteiger partial charge in [0.15, 0.2) is 0 Å². The van der Waals surface area contributed by atoms with Crippen LogP contribution in [0, 0.1) is 12.7 Å². The first kappa shape index (κ1) is 15.6. The number of fused-ring (bicyclic) bond motifs is 1. The van der Waals surface area contributed by atoms with Crippen molar-refractivity contribution in [2.45, 2.75) is 39.4 Å². The van der Waals surface area contributed by atoms with Crippen LogP contribution in [0.5, 0.6) is 0 Å². The summed E-state index contributed by atoms with van der Waals surface area (Å²) in [6, 6.07) is 10.5. The summed E-state index contributed by atoms with van der Waals surface area (Å²) in [5.74, 6) is -0.265. The Bertz CT molecular complexity index is 693. The lowest BCUT2D eigenvalue weighted by molar-refractivity contribution is 0.152. The van der Waals surface area contributed by atoms with E-state index in [-0.39, 0.29) is 17.9 Å². The number of urea groups is 1. The first-order chi connectivity index (χ1) is 11.1. The van der Waals surface area contributed by atoms with E-state index >= 15 is 0 Å². The van der Waals surface area contributed by atoms with Gasteiger partial charge in [0.1, 0.15) is 5.82 Å². The van der Waals surface area contributed by atoms with Crippen LogP contribution >= 0.6 is 0 Å². The molecule has 1 aromatic heterocycles. The molecule has 2 heterocycles. The van der Waals surface area contributed by atoms with Crippen molar-refractivity contribution in [2.75, 3.05) is 6.54 Å². The second kappa shape index (κ2) is 6.44. The van der Waals surface area contributed by atoms with Gasteiger partial charge in [0.25, 0.3) is 0 Å². The van der Waals surface area contributed by atoms with Crippen molar-refractivity contribution in [3.05, 3.63) is 59.2 Å². The van der Waals surface area contributed by atoms with Crippen LogP contribution in [0.25, 0.3) is 0 Å². The third-order valence-electron chi connectivity index (χ3n) is 4.52. The Labute approximate surface area is 135 Å². The Balaban J connectivity index is 1.68. The van der Waals surface area contributed by atoms with Crippen LogP contribution in [0.2, 0.25) is 0 Å². The first-order valence-electron chi connectivity index (χ1n) is 8.05. The van der Waals surface area contributed by atoms with Crippen LogP contribution in [0.1, 0.15) is 36.3 Å². The number of nitrogens with one attached hydrogen (secondary N) is 1. The van der Waals surface area contributed by atoms with Gasteiger partial charge in [-0.25, -0.2) is 9.18 Å². The van der Waals surface area contributed by atoms with Gasteiger partial charge in [-0.3, -0.25) is 0 Å². The highest BCUT2D eigenvalue weighted by Crippen LogP contribution is 2.30. The molecule has 1 aromatic carbocycles. The predicted octanol–water partition coefficient (Wildman–Crippen LogP) is 3.61. The van der Waals surface area contributed by atoms with E-state index in [0.29, 0.717) is 13.1 Å². The third-order valence-corrected chi connectivity index (χ3v) is 4.52. The number of halogens is 1. The maximum atomic E-state index is 12.9. The summed E-state index contributed by atoms with van der Waals surface area (Å²) >= 11 is 0. The fourth-order valence-electron chi connectivity index (χ4n) is 3.26. The van der Waals surface area contributed by atoms with Crippen molar-refractivity contribution in [2.24, 2.45) is 0 Å². The molecule has 4 nitrogen and oxygen atoms in total. The molecule has 23 heavy (non-hydrogen) atoms. The molecule has 5 heteroatoms. The van der Waals surface area contributed by atoms with Gasteiger partial charge in [-0.15, -0.1) is 0 Å². The van der Waals surface area contributed by atoms with Gasteiger partial charge in [-0.2, -0.15) is 0 Å². The molecule has 3 rings (SSSR count). The van der Waals surface area contributed by atoms with Crippen molar-refractivity contribution in [3.8, 4) is 0 Å². The van der Waals surface area contributed by atoms with Crippen molar-refractivity contribution in [1.29, 1.82) is 0 Å². The number of amides is 2. The van der Waals surface area contributed by atoms with E-state index in [4.69, 9.17) is 0 Å². The molecular formula is C18H22FN3O. The van der Waals surface area contributed by atoms with Crippen LogP contribution < -0.4 is 5.32 Å². The maximum absolute atomic E-state index is 12.9. The third kappa shape index (κ3) is 3.09. The molecule has 1 atom stereocenters. The summed E-state index contributed by atoms with van der Waals surface area (Å²) in [6.45, 7) is 6.14. The topological polar surface area (TPSA) is 37.3 Å². The summed E-state index contributed by atoms with van der Waals surface area (Å²) < 4.78 is 15.2. The highest BCUT2D eigenvalue weighted by Gasteiger charge is 2.30. The zero-order chi connectivity index (χ0) is 16.4. The molecule has 1 aliphatic rings. The van der Waals surface area contributed by atoms with E-state index in [2.05, 4.69) is 35.9 Å². The van der Waals surface area contributed by atoms with E-state index in [1.807, 2.05) is 4.90 Å². The largest absolute Gasteiger partial charge is 0.345 e. The van der Waals surface area contributed by atoms with E-state index in [1.165, 1.54) is 23.5 Å². The molecule has 122 valence electrons. The fraction of sp³-hybridized carbons (Fsp3) is 0.389. The molecule has 0 unspecified atom stereocenters. The van der Waals surface area contributed by atoms with Gasteiger partial charge < -0.3 is 14.8 Å². The number of hydrogen-bond acceptors (Lipinski definition) is 1. The zero-order valence-corrected chi connectivity index (χ0v) is 13.6. The molecule has 0 spiro atoms. The first-order valence-corrected chi connectivity index (χ1v) is 8.05. The van der Waals surface area contributed by atoms with Crippen LogP contribution in [0.15, 0.2) is 36.4 Å². The minimum atomic E-state index is -0.265. The standard InChI is InChI=1S/C18H22FN3O/c1-3-16-17-9-4-13(2)21(17)10-11-22(16)18(23)20-12-14-5-7-15(19)8-6-14/h4-9,16H,3,10-12H2,1-2H3,(H,20,23)/t16-/m1/s1. The predicted molar refractivity (Wildman–Crippen MR) is 87.5 cm³/mol. The van der Waals surface area contributed by atoms with Crippen LogP contribution in [0.4, 0.5) is 9.18 Å². The second-order valence-corrected chi connectivity index (χ2v) is 5.95. The van der Waals surface area contributed by atoms with E-state index in [0.717, 1.165) is 18.5 Å². The molecule has 0 saturated heterocycles. The number of aromatic nitrogens is 1. The Morgan fingerprint density at radius 1 is 1.22 bits per heavy atom. The van der Waals surface area contributed by atoms with Gasteiger partial charge in [-0.05, 0) is 43.2 Å². The van der Waals surface area contributed by atoms with E-state index in [1.54, 1.807) is 12.1 Å². The number of nitrogens with zero attached hydrogens (tertiary/aromatic N) is 2. The molecule has 0 bridgehead atoms. The van der Waals surface area contributed by atoms with Gasteiger partial charge in [0, 0.05) is 31.0 Å². The lowest BCUT2D eigenvalue weighted by Crippen LogP contribution is -2.46. The Kier molecular flexibility index (Phi) is 4.37. The van der Waals surface area contributed by atoms with Crippen LogP contribution in [0.3, 0.4) is 0 Å². The monoisotopic (exact) mass is 315 g/mol. The number of hydrogen-bond donors (Lipinski definition) is 1. The van der Waals surface area contributed by atoms with Crippen molar-refractivity contribution in [3.63, 3.8) is 0 Å². The number of carbonyl (C=O) groups excluding carboxylic acids is 1. The minimum Gasteiger partial charge on any atom is -0.345 e. The van der Waals surface area contributed by atoms with E-state index in [9.17, 15) is 9.18 Å². The molecule has 0 radical (unpaired) electrons. The summed E-state index contributed by atoms with van der Waals surface area (Å²) in [5, 5.41) is 2.95. The Hall–Kier alpha value is -2.30. The summed E-state index contributed by atoms with van der Waals surface area (Å²) in [4.78, 5) is 14.5. The van der Waals surface area contributed by atoms with Crippen LogP contribution in [-0.4, -0.2) is 22.0 Å². The smallest absolute Gasteiger partial charge is 0.318 e. The number of rotatable bonds is 3. The summed E-state index contributed by atoms with van der Waals surface area (Å²) in [7, 11) is 0. The zero-order valence-electron chi connectivity index (χ0n) is 13.6. The normalized spacial score (nSPS) is 17.0. The Morgan fingerprint density at radius 3 is 2.65 bits per heavy atom. The van der Waals surface area contributed by atoms with Crippen molar-refractivity contribution in [1.82, 2.24) is 14.8 Å². The molecule has 1 aliphatic heterocycles. The highest BCUT2D eigenvalue weighted by molar-refractivity contribution is 5.75. The van der Waals surface area contributed by atoms with Gasteiger partial charge >= 0.3 is 6.03 Å². The lowest BCUT2D eigenvalue weighted by atomic mass is 10.1. The second-order valence-electron chi connectivity index (χ2n) is 5.95.